The first-order valence-corrected chi connectivity index (χ1v) is 5.55. The van der Waals surface area contributed by atoms with E-state index >= 15 is 0 Å². The molecular weight excluding hydrogens is 247 g/mol. The largest absolute Gasteiger partial charge is 0.416 e. The first-order valence-electron chi connectivity index (χ1n) is 5.55. The Labute approximate surface area is 103 Å². The van der Waals surface area contributed by atoms with E-state index in [9.17, 15) is 18.3 Å². The molecule has 1 unspecified atom stereocenters. The Morgan fingerprint density at radius 3 is 2.44 bits per heavy atom. The van der Waals surface area contributed by atoms with Crippen LogP contribution in [0.25, 0.3) is 0 Å². The zero-order valence-electron chi connectivity index (χ0n) is 10.2. The number of aliphatic hydroxyl groups is 1. The maximum absolute atomic E-state index is 12.6. The van der Waals surface area contributed by atoms with Gasteiger partial charge < -0.3 is 15.7 Å². The Balaban J connectivity index is 2.91. The van der Waals surface area contributed by atoms with Gasteiger partial charge in [-0.2, -0.15) is 13.2 Å². The quantitative estimate of drug-likeness (QED) is 0.763. The van der Waals surface area contributed by atoms with Gasteiger partial charge in [-0.25, -0.2) is 4.98 Å². The van der Waals surface area contributed by atoms with Gasteiger partial charge in [0, 0.05) is 13.6 Å². The van der Waals surface area contributed by atoms with Crippen molar-refractivity contribution in [2.45, 2.75) is 25.6 Å². The minimum atomic E-state index is -4.42. The molecule has 0 saturated carbocycles. The summed E-state index contributed by atoms with van der Waals surface area (Å²) in [6, 6.07) is 1.85. The number of alkyl halides is 3. The maximum atomic E-state index is 12.6. The van der Waals surface area contributed by atoms with Gasteiger partial charge in [0.1, 0.15) is 11.6 Å². The third-order valence-corrected chi connectivity index (χ3v) is 2.40. The third kappa shape index (κ3) is 4.06. The Hall–Kier alpha value is -1.50. The number of pyridine rings is 1. The summed E-state index contributed by atoms with van der Waals surface area (Å²) in [5, 5.41) is 14.6. The molecule has 0 aliphatic rings. The Bertz CT molecular complexity index is 396. The number of anilines is 2. The second kappa shape index (κ2) is 5.90. The standard InChI is InChI=1S/C11H16F3N3O/c1-3-8(18)6-16-10-5-7(11(12,13)14)4-9(15-2)17-10/h4-5,8,18H,3,6H2,1-2H3,(H2,15,16,17). The van der Waals surface area contributed by atoms with E-state index < -0.39 is 17.8 Å². The predicted octanol–water partition coefficient (Wildman–Crippen LogP) is 2.32. The molecule has 0 radical (unpaired) electrons. The van der Waals surface area contributed by atoms with Crippen LogP contribution in [0.5, 0.6) is 0 Å². The van der Waals surface area contributed by atoms with Crippen LogP contribution in [-0.2, 0) is 6.18 Å². The van der Waals surface area contributed by atoms with Crippen LogP contribution >= 0.6 is 0 Å². The van der Waals surface area contributed by atoms with Crippen LogP contribution in [0.2, 0.25) is 0 Å². The highest BCUT2D eigenvalue weighted by Crippen LogP contribution is 2.31. The van der Waals surface area contributed by atoms with Crippen molar-refractivity contribution in [2.24, 2.45) is 0 Å². The lowest BCUT2D eigenvalue weighted by atomic mass is 10.2. The monoisotopic (exact) mass is 263 g/mol. The Morgan fingerprint density at radius 1 is 1.33 bits per heavy atom. The lowest BCUT2D eigenvalue weighted by Gasteiger charge is -2.14. The van der Waals surface area contributed by atoms with E-state index in [4.69, 9.17) is 0 Å². The average molecular weight is 263 g/mol. The van der Waals surface area contributed by atoms with Crippen LogP contribution in [0.15, 0.2) is 12.1 Å². The van der Waals surface area contributed by atoms with Crippen molar-refractivity contribution in [2.75, 3.05) is 24.2 Å². The highest BCUT2D eigenvalue weighted by atomic mass is 19.4. The van der Waals surface area contributed by atoms with Crippen molar-refractivity contribution in [3.05, 3.63) is 17.7 Å². The third-order valence-electron chi connectivity index (χ3n) is 2.40. The molecule has 3 N–H and O–H groups in total. The van der Waals surface area contributed by atoms with Gasteiger partial charge in [0.05, 0.1) is 11.7 Å². The molecule has 0 saturated heterocycles. The fourth-order valence-electron chi connectivity index (χ4n) is 1.28. The second-order valence-electron chi connectivity index (χ2n) is 3.82. The Kier molecular flexibility index (Phi) is 4.77. The molecule has 0 bridgehead atoms. The van der Waals surface area contributed by atoms with Crippen LogP contribution in [0.4, 0.5) is 24.8 Å². The fraction of sp³-hybridized carbons (Fsp3) is 0.545. The van der Waals surface area contributed by atoms with Crippen LogP contribution in [0, 0.1) is 0 Å². The molecule has 0 aromatic carbocycles. The summed E-state index contributed by atoms with van der Waals surface area (Å²) in [6.45, 7) is 1.94. The molecule has 0 spiro atoms. The van der Waals surface area contributed by atoms with Gasteiger partial charge in [-0.3, -0.25) is 0 Å². The number of hydrogen-bond acceptors (Lipinski definition) is 4. The SMILES string of the molecule is CCC(O)CNc1cc(C(F)(F)F)cc(NC)n1. The second-order valence-corrected chi connectivity index (χ2v) is 3.82. The van der Waals surface area contributed by atoms with Crippen molar-refractivity contribution in [1.29, 1.82) is 0 Å². The first kappa shape index (κ1) is 14.6. The van der Waals surface area contributed by atoms with Gasteiger partial charge in [-0.1, -0.05) is 6.92 Å². The molecule has 0 amide bonds. The van der Waals surface area contributed by atoms with Crippen molar-refractivity contribution in [1.82, 2.24) is 4.98 Å². The van der Waals surface area contributed by atoms with E-state index in [1.54, 1.807) is 6.92 Å². The summed E-state index contributed by atoms with van der Waals surface area (Å²) >= 11 is 0. The summed E-state index contributed by atoms with van der Waals surface area (Å²) in [7, 11) is 1.49. The number of aromatic nitrogens is 1. The molecule has 18 heavy (non-hydrogen) atoms. The molecular formula is C11H16F3N3O. The van der Waals surface area contributed by atoms with Crippen molar-refractivity contribution in [3.8, 4) is 0 Å². The van der Waals surface area contributed by atoms with Gasteiger partial charge in [0.25, 0.3) is 0 Å². The van der Waals surface area contributed by atoms with E-state index in [1.165, 1.54) is 7.05 Å². The van der Waals surface area contributed by atoms with E-state index in [1.807, 2.05) is 0 Å². The van der Waals surface area contributed by atoms with Crippen LogP contribution in [-0.4, -0.2) is 29.8 Å². The van der Waals surface area contributed by atoms with Gasteiger partial charge in [0.15, 0.2) is 0 Å². The molecule has 0 aliphatic heterocycles. The van der Waals surface area contributed by atoms with Gasteiger partial charge in [-0.15, -0.1) is 0 Å². The van der Waals surface area contributed by atoms with Crippen LogP contribution in [0.3, 0.4) is 0 Å². The van der Waals surface area contributed by atoms with Gasteiger partial charge >= 0.3 is 6.18 Å². The lowest BCUT2D eigenvalue weighted by Crippen LogP contribution is -2.19. The molecule has 1 rings (SSSR count). The zero-order chi connectivity index (χ0) is 13.8. The van der Waals surface area contributed by atoms with Crippen LogP contribution in [0.1, 0.15) is 18.9 Å². The van der Waals surface area contributed by atoms with Crippen LogP contribution < -0.4 is 10.6 Å². The number of nitrogens with zero attached hydrogens (tertiary/aromatic N) is 1. The summed E-state index contributed by atoms with van der Waals surface area (Å²) in [5.41, 5.74) is -0.782. The summed E-state index contributed by atoms with van der Waals surface area (Å²) in [4.78, 5) is 3.94. The summed E-state index contributed by atoms with van der Waals surface area (Å²) < 4.78 is 37.8. The molecule has 1 aromatic heterocycles. The van der Waals surface area contributed by atoms with E-state index in [0.717, 1.165) is 12.1 Å². The highest BCUT2D eigenvalue weighted by molar-refractivity contribution is 5.49. The first-order chi connectivity index (χ1) is 8.36. The molecule has 1 atom stereocenters. The molecule has 1 aromatic rings. The highest BCUT2D eigenvalue weighted by Gasteiger charge is 2.31. The maximum Gasteiger partial charge on any atom is 0.416 e. The summed E-state index contributed by atoms with van der Waals surface area (Å²) in [5.74, 6) is 0.208. The van der Waals surface area contributed by atoms with E-state index in [2.05, 4.69) is 15.6 Å². The predicted molar refractivity (Wildman–Crippen MR) is 63.6 cm³/mol. The normalized spacial score (nSPS) is 13.2. The smallest absolute Gasteiger partial charge is 0.391 e. The van der Waals surface area contributed by atoms with Gasteiger partial charge in [-0.05, 0) is 18.6 Å². The number of rotatable bonds is 5. The Morgan fingerprint density at radius 2 is 1.94 bits per heavy atom. The zero-order valence-corrected chi connectivity index (χ0v) is 10.2. The average Bonchev–Trinajstić information content (AvgIpc) is 2.34. The van der Waals surface area contributed by atoms with E-state index in [0.29, 0.717) is 6.42 Å². The number of aliphatic hydroxyl groups excluding tert-OH is 1. The van der Waals surface area contributed by atoms with Crippen molar-refractivity contribution in [3.63, 3.8) is 0 Å². The fourth-order valence-corrected chi connectivity index (χ4v) is 1.28. The number of nitrogens with one attached hydrogen (secondary N) is 2. The minimum absolute atomic E-state index is 0.0849. The molecule has 102 valence electrons. The molecule has 0 fully saturated rings. The molecule has 1 heterocycles. The topological polar surface area (TPSA) is 57.2 Å². The summed E-state index contributed by atoms with van der Waals surface area (Å²) in [6.07, 6.45) is -4.52. The van der Waals surface area contributed by atoms with Gasteiger partial charge in [0.2, 0.25) is 0 Å². The van der Waals surface area contributed by atoms with Crippen molar-refractivity contribution >= 4 is 11.6 Å². The van der Waals surface area contributed by atoms with E-state index in [-0.39, 0.29) is 18.2 Å². The lowest BCUT2D eigenvalue weighted by molar-refractivity contribution is -0.137. The van der Waals surface area contributed by atoms with Crippen molar-refractivity contribution < 1.29 is 18.3 Å². The number of halogens is 3. The molecule has 4 nitrogen and oxygen atoms in total. The number of hydrogen-bond donors (Lipinski definition) is 3. The molecule has 7 heteroatoms. The minimum Gasteiger partial charge on any atom is -0.391 e. The molecule has 0 aliphatic carbocycles.